The molecule has 2 bridgehead atoms. The number of rotatable bonds is 3. The molecule has 5 rings (SSSR count). The Morgan fingerprint density at radius 2 is 2.14 bits per heavy atom. The molecule has 3 fully saturated rings. The summed E-state index contributed by atoms with van der Waals surface area (Å²) in [4.78, 5) is 16.8. The minimum atomic E-state index is 0.0678. The Morgan fingerprint density at radius 3 is 3.00 bits per heavy atom. The van der Waals surface area contributed by atoms with Gasteiger partial charge in [0.25, 0.3) is 0 Å². The molecule has 0 aliphatic carbocycles. The summed E-state index contributed by atoms with van der Waals surface area (Å²) in [6, 6.07) is 3.19. The second-order valence-electron chi connectivity index (χ2n) is 8.74. The number of hydrogen-bond acceptors (Lipinski definition) is 6. The number of carbonyl (C=O) groups is 1. The second-order valence-corrected chi connectivity index (χ2v) is 8.74. The van der Waals surface area contributed by atoms with Gasteiger partial charge in [0.15, 0.2) is 0 Å². The molecule has 1 amide bonds. The highest BCUT2D eigenvalue weighted by Gasteiger charge is 2.47. The molecule has 4 atom stereocenters. The maximum Gasteiger partial charge on any atom is 0.216 e. The number of fused-ring (bicyclic) bond motifs is 5. The van der Waals surface area contributed by atoms with Crippen molar-refractivity contribution in [3.8, 4) is 0 Å². The van der Waals surface area contributed by atoms with Crippen LogP contribution in [0.1, 0.15) is 38.3 Å². The third-order valence-corrected chi connectivity index (χ3v) is 6.89. The number of aryl methyl sites for hydroxylation is 1. The highest BCUT2D eigenvalue weighted by atomic mass is 16.1. The third kappa shape index (κ3) is 3.03. The molecule has 5 heterocycles. The number of nitrogens with one attached hydrogen (secondary N) is 1. The zero-order chi connectivity index (χ0) is 19.3. The lowest BCUT2D eigenvalue weighted by atomic mass is 9.72. The van der Waals surface area contributed by atoms with Gasteiger partial charge in [0, 0.05) is 38.6 Å². The normalized spacial score (nSPS) is 30.3. The Morgan fingerprint density at radius 1 is 1.29 bits per heavy atom. The Labute approximate surface area is 165 Å². The van der Waals surface area contributed by atoms with E-state index in [9.17, 15) is 4.79 Å². The quantitative estimate of drug-likeness (QED) is 0.859. The summed E-state index contributed by atoms with van der Waals surface area (Å²) < 4.78 is 1.79. The van der Waals surface area contributed by atoms with E-state index in [1.165, 1.54) is 32.2 Å². The van der Waals surface area contributed by atoms with Gasteiger partial charge in [-0.25, -0.2) is 0 Å². The number of nitrogens with zero attached hydrogens (tertiary/aromatic N) is 6. The summed E-state index contributed by atoms with van der Waals surface area (Å²) in [6.07, 6.45) is 6.81. The number of amides is 1. The highest BCUT2D eigenvalue weighted by Crippen LogP contribution is 2.42. The Bertz CT molecular complexity index is 881. The predicted molar refractivity (Wildman–Crippen MR) is 106 cm³/mol. The summed E-state index contributed by atoms with van der Waals surface area (Å²) in [6.45, 7) is 7.63. The first kappa shape index (κ1) is 17.8. The predicted octanol–water partition coefficient (Wildman–Crippen LogP) is 1.25. The van der Waals surface area contributed by atoms with E-state index in [1.807, 2.05) is 6.92 Å². The molecule has 28 heavy (non-hydrogen) atoms. The van der Waals surface area contributed by atoms with Crippen LogP contribution >= 0.6 is 0 Å². The zero-order valence-corrected chi connectivity index (χ0v) is 16.7. The molecule has 1 N–H and O–H groups in total. The second kappa shape index (κ2) is 6.99. The molecular weight excluding hydrogens is 354 g/mol. The van der Waals surface area contributed by atoms with Crippen LogP contribution in [0.2, 0.25) is 0 Å². The number of aromatic nitrogens is 4. The maximum absolute atomic E-state index is 11.6. The van der Waals surface area contributed by atoms with Crippen molar-refractivity contribution in [2.45, 2.75) is 51.6 Å². The van der Waals surface area contributed by atoms with E-state index in [2.05, 4.69) is 36.5 Å². The number of anilines is 1. The summed E-state index contributed by atoms with van der Waals surface area (Å²) in [5.74, 6) is 1.29. The van der Waals surface area contributed by atoms with Gasteiger partial charge in [0.2, 0.25) is 11.6 Å². The fourth-order valence-corrected chi connectivity index (χ4v) is 5.80. The monoisotopic (exact) mass is 383 g/mol. The van der Waals surface area contributed by atoms with Crippen molar-refractivity contribution in [1.29, 1.82) is 0 Å². The van der Waals surface area contributed by atoms with Crippen molar-refractivity contribution in [1.82, 2.24) is 30.0 Å². The molecule has 150 valence electrons. The standard InChI is InChI=1S/C20H29N7O/c1-13-7-18(20-23-22-12-27(20)24-13)25-10-15-8-16(11-25)19(9-21-14(2)28)26-6-4-3-5-17(15)26/h7,12,15-17,19H,3-6,8-11H2,1-2H3,(H,21,28)/t15-,16+,17+,19+/m1/s1. The molecule has 3 saturated heterocycles. The average molecular weight is 384 g/mol. The fraction of sp³-hybridized carbons (Fsp3) is 0.700. The Kier molecular flexibility index (Phi) is 4.45. The van der Waals surface area contributed by atoms with Gasteiger partial charge in [-0.15, -0.1) is 10.2 Å². The Balaban J connectivity index is 1.47. The average Bonchev–Trinajstić information content (AvgIpc) is 3.15. The van der Waals surface area contributed by atoms with E-state index in [4.69, 9.17) is 0 Å². The van der Waals surface area contributed by atoms with E-state index >= 15 is 0 Å². The first-order chi connectivity index (χ1) is 13.6. The number of carbonyl (C=O) groups excluding carboxylic acids is 1. The summed E-state index contributed by atoms with van der Waals surface area (Å²) in [5, 5.41) is 16.0. The van der Waals surface area contributed by atoms with E-state index in [0.29, 0.717) is 23.9 Å². The lowest BCUT2D eigenvalue weighted by molar-refractivity contribution is -0.119. The first-order valence-electron chi connectivity index (χ1n) is 10.5. The largest absolute Gasteiger partial charge is 0.368 e. The maximum atomic E-state index is 11.6. The number of hydrogen-bond donors (Lipinski definition) is 1. The van der Waals surface area contributed by atoms with Gasteiger partial charge < -0.3 is 10.2 Å². The number of piperidine rings is 3. The van der Waals surface area contributed by atoms with Crippen molar-refractivity contribution in [3.05, 3.63) is 18.1 Å². The van der Waals surface area contributed by atoms with Crippen LogP contribution in [-0.4, -0.2) is 68.9 Å². The van der Waals surface area contributed by atoms with Gasteiger partial charge in [-0.1, -0.05) is 6.42 Å². The summed E-state index contributed by atoms with van der Waals surface area (Å²) >= 11 is 0. The van der Waals surface area contributed by atoms with Crippen LogP contribution in [0, 0.1) is 18.8 Å². The van der Waals surface area contributed by atoms with E-state index in [-0.39, 0.29) is 5.91 Å². The van der Waals surface area contributed by atoms with Crippen molar-refractivity contribution in [3.63, 3.8) is 0 Å². The summed E-state index contributed by atoms with van der Waals surface area (Å²) in [7, 11) is 0. The molecule has 0 spiro atoms. The Hall–Kier alpha value is -2.22. The molecule has 0 saturated carbocycles. The fourth-order valence-electron chi connectivity index (χ4n) is 5.80. The van der Waals surface area contributed by atoms with Crippen molar-refractivity contribution in [2.75, 3.05) is 31.1 Å². The van der Waals surface area contributed by atoms with E-state index < -0.39 is 0 Å². The van der Waals surface area contributed by atoms with Gasteiger partial charge in [-0.05, 0) is 50.6 Å². The third-order valence-electron chi connectivity index (χ3n) is 6.89. The lowest BCUT2D eigenvalue weighted by Gasteiger charge is -2.57. The van der Waals surface area contributed by atoms with Gasteiger partial charge in [0.05, 0.1) is 11.4 Å². The zero-order valence-electron chi connectivity index (χ0n) is 16.7. The smallest absolute Gasteiger partial charge is 0.216 e. The van der Waals surface area contributed by atoms with Crippen LogP contribution in [0.4, 0.5) is 5.69 Å². The summed E-state index contributed by atoms with van der Waals surface area (Å²) in [5.41, 5.74) is 2.96. The van der Waals surface area contributed by atoms with Crippen LogP contribution in [0.15, 0.2) is 12.4 Å². The van der Waals surface area contributed by atoms with Crippen molar-refractivity contribution < 1.29 is 4.79 Å². The molecule has 8 nitrogen and oxygen atoms in total. The molecule has 0 unspecified atom stereocenters. The molecule has 0 aromatic carbocycles. The van der Waals surface area contributed by atoms with Gasteiger partial charge >= 0.3 is 0 Å². The molecule has 0 radical (unpaired) electrons. The molecular formula is C20H29N7O. The molecule has 3 aliphatic heterocycles. The van der Waals surface area contributed by atoms with Crippen LogP contribution in [0.25, 0.3) is 5.65 Å². The van der Waals surface area contributed by atoms with Crippen LogP contribution < -0.4 is 10.2 Å². The van der Waals surface area contributed by atoms with Crippen LogP contribution in [0.3, 0.4) is 0 Å². The first-order valence-corrected chi connectivity index (χ1v) is 10.5. The van der Waals surface area contributed by atoms with Crippen molar-refractivity contribution in [2.24, 2.45) is 11.8 Å². The molecule has 2 aromatic heterocycles. The molecule has 2 aromatic rings. The van der Waals surface area contributed by atoms with Gasteiger partial charge in [-0.2, -0.15) is 9.61 Å². The van der Waals surface area contributed by atoms with E-state index in [1.54, 1.807) is 17.8 Å². The van der Waals surface area contributed by atoms with Gasteiger partial charge in [-0.3, -0.25) is 9.69 Å². The molecule has 8 heteroatoms. The van der Waals surface area contributed by atoms with Crippen molar-refractivity contribution >= 4 is 17.2 Å². The SMILES string of the molecule is CC(=O)NC[C@H]1[C@H]2C[C@H](CN(c3cc(C)nn4cnnc34)C2)[C@@H]2CCCCN21. The van der Waals surface area contributed by atoms with Gasteiger partial charge in [0.1, 0.15) is 6.33 Å². The molecule has 3 aliphatic rings. The lowest BCUT2D eigenvalue weighted by Crippen LogP contribution is -2.65. The van der Waals surface area contributed by atoms with Crippen LogP contribution in [0.5, 0.6) is 0 Å². The minimum absolute atomic E-state index is 0.0678. The van der Waals surface area contributed by atoms with E-state index in [0.717, 1.165) is 36.7 Å². The topological polar surface area (TPSA) is 78.7 Å². The van der Waals surface area contributed by atoms with Crippen LogP contribution in [-0.2, 0) is 4.79 Å². The minimum Gasteiger partial charge on any atom is -0.368 e. The highest BCUT2D eigenvalue weighted by molar-refractivity contribution is 5.72.